The lowest BCUT2D eigenvalue weighted by Crippen LogP contribution is -2.50. The molecule has 0 N–H and O–H groups in total. The quantitative estimate of drug-likeness (QED) is 0.571. The molecule has 2 heterocycles. The number of carbonyl (C=O) groups excluding carboxylic acids is 1. The molecule has 0 atom stereocenters. The summed E-state index contributed by atoms with van der Waals surface area (Å²) in [5.41, 5.74) is 0.724. The van der Waals surface area contributed by atoms with E-state index >= 15 is 0 Å². The number of hydrogen-bond donors (Lipinski definition) is 0. The first-order chi connectivity index (χ1) is 15.5. The Kier molecular flexibility index (Phi) is 6.25. The van der Waals surface area contributed by atoms with Crippen LogP contribution in [0.25, 0.3) is 0 Å². The smallest absolute Gasteiger partial charge is 0.290 e. The number of amides is 1. The highest BCUT2D eigenvalue weighted by atomic mass is 32.2. The average Bonchev–Trinajstić information content (AvgIpc) is 3.31. The molecule has 0 saturated carbocycles. The van der Waals surface area contributed by atoms with Crippen LogP contribution in [0.15, 0.2) is 76.2 Å². The number of nitrogens with zero attached hydrogens (tertiary/aromatic N) is 3. The molecule has 1 saturated heterocycles. The van der Waals surface area contributed by atoms with Crippen LogP contribution in [0, 0.1) is 11.3 Å². The minimum atomic E-state index is -3.83. The van der Waals surface area contributed by atoms with Crippen LogP contribution in [0.4, 0.5) is 0 Å². The molecule has 1 aliphatic heterocycles. The summed E-state index contributed by atoms with van der Waals surface area (Å²) in [6, 6.07) is 19.0. The predicted octanol–water partition coefficient (Wildman–Crippen LogP) is 2.88. The van der Waals surface area contributed by atoms with Crippen molar-refractivity contribution in [2.75, 3.05) is 26.2 Å². The van der Waals surface area contributed by atoms with E-state index in [1.54, 1.807) is 23.1 Å². The zero-order valence-electron chi connectivity index (χ0n) is 17.2. The van der Waals surface area contributed by atoms with Crippen molar-refractivity contribution in [3.8, 4) is 11.8 Å². The highest BCUT2D eigenvalue weighted by Gasteiger charge is 2.33. The maximum atomic E-state index is 13.0. The summed E-state index contributed by atoms with van der Waals surface area (Å²) in [4.78, 5) is 14.5. The lowest BCUT2D eigenvalue weighted by Gasteiger charge is -2.33. The van der Waals surface area contributed by atoms with Gasteiger partial charge < -0.3 is 14.1 Å². The van der Waals surface area contributed by atoms with E-state index in [-0.39, 0.29) is 54.9 Å². The molecule has 0 aliphatic carbocycles. The summed E-state index contributed by atoms with van der Waals surface area (Å²) >= 11 is 0. The topological polar surface area (TPSA) is 104 Å². The number of piperazine rings is 1. The van der Waals surface area contributed by atoms with E-state index in [2.05, 4.69) is 0 Å². The molecule has 0 bridgehead atoms. The second kappa shape index (κ2) is 9.26. The Hall–Kier alpha value is -3.61. The summed E-state index contributed by atoms with van der Waals surface area (Å²) in [5, 5.41) is 9.24. The Morgan fingerprint density at radius 3 is 2.41 bits per heavy atom. The van der Waals surface area contributed by atoms with Crippen molar-refractivity contribution in [1.82, 2.24) is 9.21 Å². The van der Waals surface area contributed by atoms with E-state index in [4.69, 9.17) is 9.15 Å². The Morgan fingerprint density at radius 2 is 1.69 bits per heavy atom. The molecule has 164 valence electrons. The summed E-state index contributed by atoms with van der Waals surface area (Å²) in [6.07, 6.45) is 1.44. The normalized spacial score (nSPS) is 14.7. The lowest BCUT2D eigenvalue weighted by atomic mass is 10.2. The SMILES string of the molecule is N#Cc1ccccc1S(=O)(=O)N1CCN(C(=O)c2occc2COc2ccccc2)CC1. The maximum absolute atomic E-state index is 13.0. The average molecular weight is 452 g/mol. The number of benzene rings is 2. The standard InChI is InChI=1S/C23H21N3O5S/c24-16-18-6-4-5-9-21(18)32(28,29)26-13-11-25(12-14-26)23(27)22-19(10-15-30-22)17-31-20-7-2-1-3-8-20/h1-10,15H,11-14,17H2. The van der Waals surface area contributed by atoms with Gasteiger partial charge in [0.15, 0.2) is 5.76 Å². The molecule has 9 heteroatoms. The Bertz CT molecular complexity index is 1240. The molecule has 3 aromatic rings. The number of furan rings is 1. The summed E-state index contributed by atoms with van der Waals surface area (Å²) in [5.74, 6) is 0.562. The molecule has 1 amide bonds. The monoisotopic (exact) mass is 451 g/mol. The number of hydrogen-bond acceptors (Lipinski definition) is 6. The first-order valence-electron chi connectivity index (χ1n) is 10.0. The summed E-state index contributed by atoms with van der Waals surface area (Å²) < 4.78 is 38.4. The zero-order chi connectivity index (χ0) is 22.6. The van der Waals surface area contributed by atoms with Gasteiger partial charge in [-0.05, 0) is 30.3 Å². The van der Waals surface area contributed by atoms with Crippen molar-refractivity contribution in [3.05, 3.63) is 83.8 Å². The van der Waals surface area contributed by atoms with Crippen molar-refractivity contribution < 1.29 is 22.4 Å². The van der Waals surface area contributed by atoms with Crippen molar-refractivity contribution in [3.63, 3.8) is 0 Å². The van der Waals surface area contributed by atoms with Crippen LogP contribution in [-0.4, -0.2) is 49.7 Å². The van der Waals surface area contributed by atoms with Crippen LogP contribution in [0.5, 0.6) is 5.75 Å². The van der Waals surface area contributed by atoms with Gasteiger partial charge in [0, 0.05) is 31.7 Å². The number of rotatable bonds is 6. The molecule has 2 aromatic carbocycles. The summed E-state index contributed by atoms with van der Waals surface area (Å²) in [7, 11) is -3.83. The lowest BCUT2D eigenvalue weighted by molar-refractivity contribution is 0.0662. The van der Waals surface area contributed by atoms with Gasteiger partial charge in [0.05, 0.1) is 16.7 Å². The van der Waals surface area contributed by atoms with E-state index in [0.29, 0.717) is 11.3 Å². The molecule has 1 fully saturated rings. The van der Waals surface area contributed by atoms with Crippen molar-refractivity contribution in [2.24, 2.45) is 0 Å². The third-order valence-electron chi connectivity index (χ3n) is 5.23. The fourth-order valence-electron chi connectivity index (χ4n) is 3.51. The second-order valence-electron chi connectivity index (χ2n) is 7.18. The first-order valence-corrected chi connectivity index (χ1v) is 11.5. The van der Waals surface area contributed by atoms with Gasteiger partial charge in [-0.25, -0.2) is 8.42 Å². The molecule has 0 spiro atoms. The Balaban J connectivity index is 1.41. The third kappa shape index (κ3) is 4.37. The molecular formula is C23H21N3O5S. The van der Waals surface area contributed by atoms with E-state index in [9.17, 15) is 18.5 Å². The van der Waals surface area contributed by atoms with Crippen LogP contribution >= 0.6 is 0 Å². The van der Waals surface area contributed by atoms with Crippen LogP contribution in [0.2, 0.25) is 0 Å². The number of sulfonamides is 1. The minimum absolute atomic E-state index is 0.0198. The van der Waals surface area contributed by atoms with Gasteiger partial charge in [-0.1, -0.05) is 30.3 Å². The minimum Gasteiger partial charge on any atom is -0.489 e. The van der Waals surface area contributed by atoms with E-state index in [1.165, 1.54) is 22.7 Å². The van der Waals surface area contributed by atoms with Gasteiger partial charge in [0.1, 0.15) is 18.4 Å². The van der Waals surface area contributed by atoms with Crippen molar-refractivity contribution >= 4 is 15.9 Å². The fourth-order valence-corrected chi connectivity index (χ4v) is 5.08. The van der Waals surface area contributed by atoms with Gasteiger partial charge in [-0.2, -0.15) is 9.57 Å². The number of carbonyl (C=O) groups is 1. The second-order valence-corrected chi connectivity index (χ2v) is 9.09. The molecule has 0 unspecified atom stereocenters. The van der Waals surface area contributed by atoms with Gasteiger partial charge in [-0.3, -0.25) is 4.79 Å². The molecule has 8 nitrogen and oxygen atoms in total. The summed E-state index contributed by atoms with van der Waals surface area (Å²) in [6.45, 7) is 0.870. The van der Waals surface area contributed by atoms with E-state index in [0.717, 1.165) is 0 Å². The van der Waals surface area contributed by atoms with Gasteiger partial charge in [-0.15, -0.1) is 0 Å². The molecule has 4 rings (SSSR count). The predicted molar refractivity (Wildman–Crippen MR) is 115 cm³/mol. The number of ether oxygens (including phenoxy) is 1. The van der Waals surface area contributed by atoms with Crippen LogP contribution in [0.1, 0.15) is 21.7 Å². The molecule has 32 heavy (non-hydrogen) atoms. The Labute approximate surface area is 186 Å². The maximum Gasteiger partial charge on any atom is 0.290 e. The molecule has 0 radical (unpaired) electrons. The van der Waals surface area contributed by atoms with Crippen LogP contribution in [0.3, 0.4) is 0 Å². The van der Waals surface area contributed by atoms with Crippen molar-refractivity contribution in [2.45, 2.75) is 11.5 Å². The third-order valence-corrected chi connectivity index (χ3v) is 7.19. The molecular weight excluding hydrogens is 430 g/mol. The fraction of sp³-hybridized carbons (Fsp3) is 0.217. The first kappa shape index (κ1) is 21.6. The van der Waals surface area contributed by atoms with E-state index in [1.807, 2.05) is 36.4 Å². The van der Waals surface area contributed by atoms with Crippen LogP contribution in [-0.2, 0) is 16.6 Å². The highest BCUT2D eigenvalue weighted by Crippen LogP contribution is 2.23. The highest BCUT2D eigenvalue weighted by molar-refractivity contribution is 7.89. The molecule has 1 aromatic heterocycles. The van der Waals surface area contributed by atoms with Gasteiger partial charge >= 0.3 is 0 Å². The van der Waals surface area contributed by atoms with Gasteiger partial charge in [0.25, 0.3) is 5.91 Å². The Morgan fingerprint density at radius 1 is 1.00 bits per heavy atom. The van der Waals surface area contributed by atoms with E-state index < -0.39 is 10.0 Å². The van der Waals surface area contributed by atoms with Crippen LogP contribution < -0.4 is 4.74 Å². The largest absolute Gasteiger partial charge is 0.489 e. The van der Waals surface area contributed by atoms with Crippen molar-refractivity contribution in [1.29, 1.82) is 5.26 Å². The zero-order valence-corrected chi connectivity index (χ0v) is 18.0. The number of nitriles is 1. The molecule has 1 aliphatic rings. The number of para-hydroxylation sites is 1. The van der Waals surface area contributed by atoms with Gasteiger partial charge in [0.2, 0.25) is 10.0 Å².